The molecule has 0 saturated heterocycles. The standard InChI is InChI=1S/C10H15N3O4/c1-17-6-7(14)2-4-11-10-12-5-3-8(13-10)9(15)16/h3,5,7,14H,2,4,6H2,1H3,(H,15,16)(H,11,12,13). The second-order valence-corrected chi connectivity index (χ2v) is 3.40. The number of methoxy groups -OCH3 is 1. The van der Waals surface area contributed by atoms with Crippen molar-refractivity contribution in [3.63, 3.8) is 0 Å². The number of aliphatic hydroxyl groups excluding tert-OH is 1. The summed E-state index contributed by atoms with van der Waals surface area (Å²) in [7, 11) is 1.51. The Morgan fingerprint density at radius 1 is 1.65 bits per heavy atom. The van der Waals surface area contributed by atoms with Crippen LogP contribution in [-0.4, -0.2) is 52.5 Å². The average Bonchev–Trinajstić information content (AvgIpc) is 2.30. The molecule has 0 amide bonds. The van der Waals surface area contributed by atoms with Crippen LogP contribution < -0.4 is 5.32 Å². The third-order valence-corrected chi connectivity index (χ3v) is 1.99. The zero-order chi connectivity index (χ0) is 12.7. The molecule has 0 aromatic carbocycles. The fraction of sp³-hybridized carbons (Fsp3) is 0.500. The fourth-order valence-electron chi connectivity index (χ4n) is 1.19. The summed E-state index contributed by atoms with van der Waals surface area (Å²) in [6.45, 7) is 0.700. The van der Waals surface area contributed by atoms with E-state index < -0.39 is 12.1 Å². The Morgan fingerprint density at radius 3 is 3.06 bits per heavy atom. The number of anilines is 1. The van der Waals surface area contributed by atoms with E-state index in [2.05, 4.69) is 15.3 Å². The maximum absolute atomic E-state index is 10.6. The second-order valence-electron chi connectivity index (χ2n) is 3.40. The minimum absolute atomic E-state index is 0.0695. The largest absolute Gasteiger partial charge is 0.477 e. The van der Waals surface area contributed by atoms with E-state index in [4.69, 9.17) is 9.84 Å². The molecule has 0 saturated carbocycles. The molecule has 1 aromatic rings. The van der Waals surface area contributed by atoms with Gasteiger partial charge in [-0.2, -0.15) is 0 Å². The lowest BCUT2D eigenvalue weighted by Crippen LogP contribution is -2.19. The minimum Gasteiger partial charge on any atom is -0.477 e. The molecule has 1 unspecified atom stereocenters. The monoisotopic (exact) mass is 241 g/mol. The maximum Gasteiger partial charge on any atom is 0.354 e. The number of rotatable bonds is 7. The third kappa shape index (κ3) is 4.75. The molecule has 0 aliphatic carbocycles. The van der Waals surface area contributed by atoms with Gasteiger partial charge in [-0.3, -0.25) is 0 Å². The summed E-state index contributed by atoms with van der Waals surface area (Å²) in [4.78, 5) is 18.3. The number of aliphatic hydroxyl groups is 1. The van der Waals surface area contributed by atoms with Gasteiger partial charge in [0.2, 0.25) is 5.95 Å². The molecule has 1 rings (SSSR count). The van der Waals surface area contributed by atoms with Crippen LogP contribution in [-0.2, 0) is 4.74 Å². The maximum atomic E-state index is 10.6. The van der Waals surface area contributed by atoms with Crippen LogP contribution in [0, 0.1) is 0 Å². The summed E-state index contributed by atoms with van der Waals surface area (Å²) in [6.07, 6.45) is 1.27. The Kier molecular flexibility index (Phi) is 5.31. The average molecular weight is 241 g/mol. The van der Waals surface area contributed by atoms with Gasteiger partial charge in [0.05, 0.1) is 12.7 Å². The molecule has 0 spiro atoms. The predicted molar refractivity (Wildman–Crippen MR) is 60.0 cm³/mol. The quantitative estimate of drug-likeness (QED) is 0.616. The Labute approximate surface area is 98.5 Å². The summed E-state index contributed by atoms with van der Waals surface area (Å²) < 4.78 is 4.77. The number of aromatic nitrogens is 2. The molecular formula is C10H15N3O4. The number of carbonyl (C=O) groups is 1. The highest BCUT2D eigenvalue weighted by atomic mass is 16.5. The molecule has 0 bridgehead atoms. The molecule has 0 fully saturated rings. The molecule has 0 aliphatic heterocycles. The molecular weight excluding hydrogens is 226 g/mol. The summed E-state index contributed by atoms with van der Waals surface area (Å²) in [5.41, 5.74) is -0.0695. The van der Waals surface area contributed by atoms with Crippen molar-refractivity contribution in [1.82, 2.24) is 9.97 Å². The molecule has 7 heteroatoms. The van der Waals surface area contributed by atoms with Gasteiger partial charge in [-0.25, -0.2) is 14.8 Å². The van der Waals surface area contributed by atoms with E-state index in [-0.39, 0.29) is 18.2 Å². The van der Waals surface area contributed by atoms with Gasteiger partial charge in [-0.05, 0) is 12.5 Å². The molecule has 3 N–H and O–H groups in total. The topological polar surface area (TPSA) is 105 Å². The van der Waals surface area contributed by atoms with Gasteiger partial charge in [-0.1, -0.05) is 0 Å². The van der Waals surface area contributed by atoms with Crippen molar-refractivity contribution in [3.8, 4) is 0 Å². The van der Waals surface area contributed by atoms with Crippen molar-refractivity contribution >= 4 is 11.9 Å². The van der Waals surface area contributed by atoms with Gasteiger partial charge in [0, 0.05) is 19.9 Å². The van der Waals surface area contributed by atoms with Crippen molar-refractivity contribution in [2.45, 2.75) is 12.5 Å². The number of carboxylic acid groups (broad SMARTS) is 1. The van der Waals surface area contributed by atoms with Gasteiger partial charge in [0.1, 0.15) is 0 Å². The SMILES string of the molecule is COCC(O)CCNc1nccc(C(=O)O)n1. The summed E-state index contributed by atoms with van der Waals surface area (Å²) in [6, 6.07) is 1.31. The highest BCUT2D eigenvalue weighted by Crippen LogP contribution is 2.01. The summed E-state index contributed by atoms with van der Waals surface area (Å²) in [5.74, 6) is -0.871. The van der Waals surface area contributed by atoms with E-state index in [1.165, 1.54) is 19.4 Å². The summed E-state index contributed by atoms with van der Waals surface area (Å²) >= 11 is 0. The van der Waals surface area contributed by atoms with Crippen LogP contribution in [0.15, 0.2) is 12.3 Å². The first-order valence-corrected chi connectivity index (χ1v) is 5.10. The Balaban J connectivity index is 2.41. The zero-order valence-electron chi connectivity index (χ0n) is 9.46. The first-order chi connectivity index (χ1) is 8.13. The van der Waals surface area contributed by atoms with Gasteiger partial charge in [0.15, 0.2) is 5.69 Å². The van der Waals surface area contributed by atoms with Crippen LogP contribution in [0.25, 0.3) is 0 Å². The first kappa shape index (κ1) is 13.3. The van der Waals surface area contributed by atoms with Gasteiger partial charge >= 0.3 is 5.97 Å². The fourth-order valence-corrected chi connectivity index (χ4v) is 1.19. The van der Waals surface area contributed by atoms with Crippen LogP contribution in [0.2, 0.25) is 0 Å². The van der Waals surface area contributed by atoms with E-state index in [9.17, 15) is 9.90 Å². The van der Waals surface area contributed by atoms with E-state index in [0.717, 1.165) is 0 Å². The number of nitrogens with zero attached hydrogens (tertiary/aromatic N) is 2. The molecule has 1 heterocycles. The van der Waals surface area contributed by atoms with Crippen LogP contribution in [0.1, 0.15) is 16.9 Å². The third-order valence-electron chi connectivity index (χ3n) is 1.99. The normalized spacial score (nSPS) is 12.1. The first-order valence-electron chi connectivity index (χ1n) is 5.10. The molecule has 0 aliphatic rings. The Bertz CT molecular complexity index is 372. The lowest BCUT2D eigenvalue weighted by Gasteiger charge is -2.09. The zero-order valence-corrected chi connectivity index (χ0v) is 9.46. The van der Waals surface area contributed by atoms with Gasteiger partial charge < -0.3 is 20.3 Å². The van der Waals surface area contributed by atoms with Crippen molar-refractivity contribution in [2.75, 3.05) is 25.6 Å². The van der Waals surface area contributed by atoms with Crippen molar-refractivity contribution in [1.29, 1.82) is 0 Å². The van der Waals surface area contributed by atoms with Crippen molar-refractivity contribution < 1.29 is 19.7 Å². The van der Waals surface area contributed by atoms with E-state index in [1.54, 1.807) is 0 Å². The highest BCUT2D eigenvalue weighted by Gasteiger charge is 2.07. The molecule has 17 heavy (non-hydrogen) atoms. The highest BCUT2D eigenvalue weighted by molar-refractivity contribution is 5.85. The number of ether oxygens (including phenoxy) is 1. The van der Waals surface area contributed by atoms with Crippen LogP contribution in [0.3, 0.4) is 0 Å². The number of hydrogen-bond donors (Lipinski definition) is 3. The number of hydrogen-bond acceptors (Lipinski definition) is 6. The number of aromatic carboxylic acids is 1. The van der Waals surface area contributed by atoms with E-state index in [0.29, 0.717) is 13.0 Å². The Morgan fingerprint density at radius 2 is 2.41 bits per heavy atom. The lowest BCUT2D eigenvalue weighted by molar-refractivity contribution is 0.0615. The predicted octanol–water partition coefficient (Wildman–Crippen LogP) is -0.0159. The van der Waals surface area contributed by atoms with Crippen molar-refractivity contribution in [2.24, 2.45) is 0 Å². The van der Waals surface area contributed by atoms with Crippen LogP contribution in [0.4, 0.5) is 5.95 Å². The molecule has 1 aromatic heterocycles. The van der Waals surface area contributed by atoms with E-state index >= 15 is 0 Å². The smallest absolute Gasteiger partial charge is 0.354 e. The van der Waals surface area contributed by atoms with Gasteiger partial charge in [-0.15, -0.1) is 0 Å². The second kappa shape index (κ2) is 6.77. The van der Waals surface area contributed by atoms with Gasteiger partial charge in [0.25, 0.3) is 0 Å². The molecule has 1 atom stereocenters. The Hall–Kier alpha value is -1.73. The van der Waals surface area contributed by atoms with E-state index in [1.807, 2.05) is 0 Å². The van der Waals surface area contributed by atoms with Crippen LogP contribution in [0.5, 0.6) is 0 Å². The van der Waals surface area contributed by atoms with Crippen molar-refractivity contribution in [3.05, 3.63) is 18.0 Å². The molecule has 94 valence electrons. The minimum atomic E-state index is -1.10. The molecule has 7 nitrogen and oxygen atoms in total. The number of carboxylic acids is 1. The summed E-state index contributed by atoms with van der Waals surface area (Å²) in [5, 5.41) is 20.9. The number of nitrogens with one attached hydrogen (secondary N) is 1. The van der Waals surface area contributed by atoms with Crippen LogP contribution >= 0.6 is 0 Å². The lowest BCUT2D eigenvalue weighted by atomic mass is 10.3. The molecule has 0 radical (unpaired) electrons.